The number of thioether (sulfide) groups is 1. The second kappa shape index (κ2) is 10.7. The molecule has 0 bridgehead atoms. The zero-order valence-corrected chi connectivity index (χ0v) is 21.2. The van der Waals surface area contributed by atoms with Gasteiger partial charge >= 0.3 is 0 Å². The maximum absolute atomic E-state index is 12.9. The Hall–Kier alpha value is -2.38. The zero-order valence-electron chi connectivity index (χ0n) is 19.6. The Balaban J connectivity index is 1.49. The largest absolute Gasteiger partial charge is 0.349 e. The summed E-state index contributed by atoms with van der Waals surface area (Å²) < 4.78 is 2.08. The van der Waals surface area contributed by atoms with Crippen molar-refractivity contribution in [2.24, 2.45) is 5.92 Å². The molecule has 3 aromatic rings. The first kappa shape index (κ1) is 23.8. The van der Waals surface area contributed by atoms with Crippen molar-refractivity contribution in [3.05, 3.63) is 65.1 Å². The van der Waals surface area contributed by atoms with E-state index >= 15 is 0 Å². The van der Waals surface area contributed by atoms with Crippen molar-refractivity contribution in [3.63, 3.8) is 0 Å². The van der Waals surface area contributed by atoms with Gasteiger partial charge in [0, 0.05) is 11.4 Å². The highest BCUT2D eigenvalue weighted by molar-refractivity contribution is 8.00. The number of allylic oxidation sites excluding steroid dienone is 1. The third-order valence-electron chi connectivity index (χ3n) is 6.32. The van der Waals surface area contributed by atoms with E-state index in [1.54, 1.807) is 0 Å². The summed E-state index contributed by atoms with van der Waals surface area (Å²) in [7, 11) is 0. The highest BCUT2D eigenvalue weighted by Crippen LogP contribution is 2.38. The van der Waals surface area contributed by atoms with Gasteiger partial charge in [0.05, 0.1) is 16.2 Å². The lowest BCUT2D eigenvalue weighted by molar-refractivity contribution is -0.120. The summed E-state index contributed by atoms with van der Waals surface area (Å²) >= 11 is 3.28. The van der Waals surface area contributed by atoms with Crippen molar-refractivity contribution >= 4 is 29.0 Å². The number of carbonyl (C=O) groups excluding carboxylic acids is 1. The molecule has 1 aliphatic rings. The molecule has 0 radical (unpaired) electrons. The molecule has 1 N–H and O–H groups in total. The lowest BCUT2D eigenvalue weighted by Crippen LogP contribution is -2.33. The second-order valence-electron chi connectivity index (χ2n) is 8.68. The molecule has 0 saturated heterocycles. The first-order valence-corrected chi connectivity index (χ1v) is 13.4. The smallest absolute Gasteiger partial charge is 0.233 e. The number of nitrogens with one attached hydrogen (secondary N) is 1. The van der Waals surface area contributed by atoms with Crippen LogP contribution >= 0.6 is 23.1 Å². The van der Waals surface area contributed by atoms with Gasteiger partial charge in [0.15, 0.2) is 11.0 Å². The van der Waals surface area contributed by atoms with Crippen LogP contribution in [0.5, 0.6) is 0 Å². The van der Waals surface area contributed by atoms with Crippen LogP contribution in [0.3, 0.4) is 0 Å². The average Bonchev–Trinajstić information content (AvgIpc) is 3.43. The van der Waals surface area contributed by atoms with E-state index in [0.717, 1.165) is 40.2 Å². The SMILES string of the molecule is C=CCn1c(S[C@H](C)C(=O)N[C@H](C)c2ccccc2)nnc1-c1cc2c(s1)CC[C@H](CC)C2. The number of benzene rings is 1. The Bertz CT molecular complexity index is 1100. The molecule has 2 heterocycles. The molecule has 0 fully saturated rings. The van der Waals surface area contributed by atoms with Crippen LogP contribution in [-0.4, -0.2) is 25.9 Å². The number of fused-ring (bicyclic) bond motifs is 1. The van der Waals surface area contributed by atoms with E-state index in [1.807, 2.05) is 61.6 Å². The molecule has 2 aromatic heterocycles. The van der Waals surface area contributed by atoms with E-state index in [1.165, 1.54) is 35.0 Å². The molecule has 174 valence electrons. The van der Waals surface area contributed by atoms with Crippen LogP contribution in [0.2, 0.25) is 0 Å². The quantitative estimate of drug-likeness (QED) is 0.298. The summed E-state index contributed by atoms with van der Waals surface area (Å²) in [5.41, 5.74) is 2.56. The van der Waals surface area contributed by atoms with Crippen molar-refractivity contribution in [2.75, 3.05) is 0 Å². The third kappa shape index (κ3) is 5.41. The summed E-state index contributed by atoms with van der Waals surface area (Å²) in [5, 5.41) is 12.6. The minimum Gasteiger partial charge on any atom is -0.349 e. The first-order valence-electron chi connectivity index (χ1n) is 11.7. The molecular weight excluding hydrogens is 448 g/mol. The molecule has 5 nitrogen and oxygen atoms in total. The Morgan fingerprint density at radius 3 is 2.85 bits per heavy atom. The van der Waals surface area contributed by atoms with E-state index in [2.05, 4.69) is 39.7 Å². The molecule has 1 amide bonds. The number of rotatable bonds is 9. The number of aromatic nitrogens is 3. The maximum atomic E-state index is 12.9. The van der Waals surface area contributed by atoms with Crippen LogP contribution in [0.4, 0.5) is 0 Å². The molecule has 0 spiro atoms. The van der Waals surface area contributed by atoms with Crippen LogP contribution in [0.1, 0.15) is 55.7 Å². The Labute approximate surface area is 204 Å². The van der Waals surface area contributed by atoms with Gasteiger partial charge in [-0.15, -0.1) is 28.1 Å². The molecule has 3 atom stereocenters. The second-order valence-corrected chi connectivity index (χ2v) is 11.1. The van der Waals surface area contributed by atoms with Crippen molar-refractivity contribution < 1.29 is 4.79 Å². The van der Waals surface area contributed by atoms with Crippen molar-refractivity contribution in [3.8, 4) is 10.7 Å². The van der Waals surface area contributed by atoms with Crippen molar-refractivity contribution in [1.29, 1.82) is 0 Å². The van der Waals surface area contributed by atoms with Gasteiger partial charge in [-0.1, -0.05) is 61.5 Å². The predicted octanol–water partition coefficient (Wildman–Crippen LogP) is 6.07. The lowest BCUT2D eigenvalue weighted by atomic mass is 9.87. The molecule has 7 heteroatoms. The molecule has 1 aliphatic carbocycles. The summed E-state index contributed by atoms with van der Waals surface area (Å²) in [5.74, 6) is 1.65. The highest BCUT2D eigenvalue weighted by atomic mass is 32.2. The van der Waals surface area contributed by atoms with Crippen LogP contribution < -0.4 is 5.32 Å². The average molecular weight is 481 g/mol. The minimum absolute atomic E-state index is 0.0109. The fourth-order valence-electron chi connectivity index (χ4n) is 4.28. The van der Waals surface area contributed by atoms with E-state index < -0.39 is 0 Å². The van der Waals surface area contributed by atoms with E-state index in [4.69, 9.17) is 0 Å². The number of aryl methyl sites for hydroxylation is 1. The number of hydrogen-bond acceptors (Lipinski definition) is 5. The fourth-order valence-corrected chi connectivity index (χ4v) is 6.35. The van der Waals surface area contributed by atoms with Gasteiger partial charge in [-0.3, -0.25) is 9.36 Å². The lowest BCUT2D eigenvalue weighted by Gasteiger charge is -2.19. The number of carbonyl (C=O) groups is 1. The topological polar surface area (TPSA) is 59.8 Å². The standard InChI is InChI=1S/C26H32N4OS2/c1-5-14-30-24(23-16-21-15-19(6-2)12-13-22(21)33-23)28-29-26(30)32-18(4)25(31)27-17(3)20-10-8-7-9-11-20/h5,7-11,16-19H,1,6,12-15H2,2-4H3,(H,27,31)/t17-,18-,19+/m1/s1. The molecular formula is C26H32N4OS2. The number of amides is 1. The van der Waals surface area contributed by atoms with Crippen LogP contribution in [0.15, 0.2) is 54.2 Å². The van der Waals surface area contributed by atoms with Gasteiger partial charge < -0.3 is 5.32 Å². The van der Waals surface area contributed by atoms with E-state index in [9.17, 15) is 4.79 Å². The minimum atomic E-state index is -0.293. The predicted molar refractivity (Wildman–Crippen MR) is 138 cm³/mol. The molecule has 0 unspecified atom stereocenters. The van der Waals surface area contributed by atoms with Crippen molar-refractivity contribution in [1.82, 2.24) is 20.1 Å². The Morgan fingerprint density at radius 2 is 2.12 bits per heavy atom. The number of hydrogen-bond donors (Lipinski definition) is 1. The molecule has 1 aromatic carbocycles. The first-order chi connectivity index (χ1) is 16.0. The summed E-state index contributed by atoms with van der Waals surface area (Å²) in [4.78, 5) is 15.5. The monoisotopic (exact) mass is 480 g/mol. The molecule has 33 heavy (non-hydrogen) atoms. The zero-order chi connectivity index (χ0) is 23.4. The van der Waals surface area contributed by atoms with Crippen LogP contribution in [-0.2, 0) is 24.2 Å². The maximum Gasteiger partial charge on any atom is 0.233 e. The summed E-state index contributed by atoms with van der Waals surface area (Å²) in [6.45, 7) is 10.7. The summed E-state index contributed by atoms with van der Waals surface area (Å²) in [6.07, 6.45) is 6.70. The van der Waals surface area contributed by atoms with Crippen LogP contribution in [0.25, 0.3) is 10.7 Å². The van der Waals surface area contributed by atoms with Gasteiger partial charge in [0.1, 0.15) is 0 Å². The van der Waals surface area contributed by atoms with Crippen LogP contribution in [0, 0.1) is 5.92 Å². The van der Waals surface area contributed by atoms with Gasteiger partial charge in [0.25, 0.3) is 0 Å². The van der Waals surface area contributed by atoms with Gasteiger partial charge in [-0.05, 0) is 56.2 Å². The van der Waals surface area contributed by atoms with E-state index in [-0.39, 0.29) is 17.2 Å². The fraction of sp³-hybridized carbons (Fsp3) is 0.423. The Morgan fingerprint density at radius 1 is 1.33 bits per heavy atom. The van der Waals surface area contributed by atoms with Crippen molar-refractivity contribution in [2.45, 2.75) is 69.4 Å². The Kier molecular flexibility index (Phi) is 7.71. The van der Waals surface area contributed by atoms with Gasteiger partial charge in [-0.2, -0.15) is 0 Å². The summed E-state index contributed by atoms with van der Waals surface area (Å²) in [6, 6.07) is 12.3. The molecule has 4 rings (SSSR count). The van der Waals surface area contributed by atoms with Gasteiger partial charge in [0.2, 0.25) is 5.91 Å². The number of nitrogens with zero attached hydrogens (tertiary/aromatic N) is 3. The number of thiophene rings is 1. The molecule has 0 saturated carbocycles. The third-order valence-corrected chi connectivity index (χ3v) is 8.63. The molecule has 0 aliphatic heterocycles. The van der Waals surface area contributed by atoms with E-state index in [0.29, 0.717) is 6.54 Å². The normalized spacial score (nSPS) is 17.2. The van der Waals surface area contributed by atoms with Gasteiger partial charge in [-0.25, -0.2) is 0 Å². The highest BCUT2D eigenvalue weighted by Gasteiger charge is 2.25.